The van der Waals surface area contributed by atoms with Crippen LogP contribution in [-0.4, -0.2) is 42.0 Å². The molecule has 1 aliphatic heterocycles. The van der Waals surface area contributed by atoms with E-state index in [1.165, 1.54) is 23.5 Å². The van der Waals surface area contributed by atoms with Gasteiger partial charge in [0.1, 0.15) is 11.5 Å². The molecule has 0 bridgehead atoms. The lowest BCUT2D eigenvalue weighted by Crippen LogP contribution is -2.44. The van der Waals surface area contributed by atoms with E-state index < -0.39 is 0 Å². The van der Waals surface area contributed by atoms with Crippen LogP contribution in [0.25, 0.3) is 0 Å². The van der Waals surface area contributed by atoms with Gasteiger partial charge in [-0.15, -0.1) is 36.2 Å². The van der Waals surface area contributed by atoms with Crippen molar-refractivity contribution in [2.45, 2.75) is 25.3 Å². The number of hydrogen-bond acceptors (Lipinski definition) is 4. The van der Waals surface area contributed by atoms with E-state index in [1.807, 2.05) is 17.3 Å². The van der Waals surface area contributed by atoms with Gasteiger partial charge in [-0.25, -0.2) is 9.37 Å². The Balaban J connectivity index is 0.00000156. The fraction of sp³-hybridized carbons (Fsp3) is 0.412. The number of piperidine rings is 1. The third-order valence-electron chi connectivity index (χ3n) is 4.22. The Hall–Kier alpha value is -1.21. The SMILES string of the molecule is CN(C(=O)c1csc(Cc2ccc(F)cc2)n1)C1CCNCC1.Cl.Cl. The molecule has 0 aliphatic carbocycles. The molecule has 0 atom stereocenters. The molecular formula is C17H22Cl2FN3OS. The molecular weight excluding hydrogens is 384 g/mol. The predicted molar refractivity (Wildman–Crippen MR) is 104 cm³/mol. The zero-order valence-corrected chi connectivity index (χ0v) is 16.4. The average molecular weight is 406 g/mol. The van der Waals surface area contributed by atoms with Crippen molar-refractivity contribution in [1.82, 2.24) is 15.2 Å². The van der Waals surface area contributed by atoms with Crippen molar-refractivity contribution in [1.29, 1.82) is 0 Å². The Morgan fingerprint density at radius 3 is 2.56 bits per heavy atom. The fourth-order valence-electron chi connectivity index (χ4n) is 2.81. The summed E-state index contributed by atoms with van der Waals surface area (Å²) >= 11 is 1.48. The number of hydrogen-bond donors (Lipinski definition) is 1. The van der Waals surface area contributed by atoms with Crippen LogP contribution in [0.15, 0.2) is 29.6 Å². The van der Waals surface area contributed by atoms with Crippen LogP contribution in [0.5, 0.6) is 0 Å². The summed E-state index contributed by atoms with van der Waals surface area (Å²) in [6.07, 6.45) is 2.58. The van der Waals surface area contributed by atoms with Crippen LogP contribution in [0, 0.1) is 5.82 Å². The standard InChI is InChI=1S/C17H20FN3OS.2ClH/c1-21(14-6-8-19-9-7-14)17(22)15-11-23-16(20-15)10-12-2-4-13(18)5-3-12;;/h2-5,11,14,19H,6-10H2,1H3;2*1H. The van der Waals surface area contributed by atoms with E-state index in [2.05, 4.69) is 10.3 Å². The number of carbonyl (C=O) groups excluding carboxylic acids is 1. The Labute approximate surface area is 163 Å². The number of benzene rings is 1. The summed E-state index contributed by atoms with van der Waals surface area (Å²) in [4.78, 5) is 18.8. The van der Waals surface area contributed by atoms with Gasteiger partial charge in [0.2, 0.25) is 0 Å². The third kappa shape index (κ3) is 5.64. The van der Waals surface area contributed by atoms with E-state index >= 15 is 0 Å². The topological polar surface area (TPSA) is 45.2 Å². The smallest absolute Gasteiger partial charge is 0.273 e. The Kier molecular flexibility index (Phi) is 8.79. The Morgan fingerprint density at radius 2 is 1.92 bits per heavy atom. The largest absolute Gasteiger partial charge is 0.337 e. The minimum Gasteiger partial charge on any atom is -0.337 e. The molecule has 0 unspecified atom stereocenters. The second-order valence-electron chi connectivity index (χ2n) is 5.83. The van der Waals surface area contributed by atoms with Gasteiger partial charge in [0.05, 0.1) is 5.01 Å². The molecule has 8 heteroatoms. The van der Waals surface area contributed by atoms with Crippen LogP contribution in [0.2, 0.25) is 0 Å². The van der Waals surface area contributed by atoms with Crippen LogP contribution in [0.3, 0.4) is 0 Å². The molecule has 0 spiro atoms. The molecule has 138 valence electrons. The molecule has 0 radical (unpaired) electrons. The maximum absolute atomic E-state index is 12.9. The molecule has 2 heterocycles. The predicted octanol–water partition coefficient (Wildman–Crippen LogP) is 3.54. The summed E-state index contributed by atoms with van der Waals surface area (Å²) < 4.78 is 12.9. The summed E-state index contributed by atoms with van der Waals surface area (Å²) in [5, 5.41) is 6.00. The zero-order valence-electron chi connectivity index (χ0n) is 13.9. The van der Waals surface area contributed by atoms with Crippen molar-refractivity contribution < 1.29 is 9.18 Å². The van der Waals surface area contributed by atoms with Gasteiger partial charge in [0.15, 0.2) is 0 Å². The lowest BCUT2D eigenvalue weighted by Gasteiger charge is -2.31. The maximum atomic E-state index is 12.9. The number of nitrogens with zero attached hydrogens (tertiary/aromatic N) is 2. The molecule has 1 aromatic heterocycles. The first-order chi connectivity index (χ1) is 11.1. The van der Waals surface area contributed by atoms with Crippen molar-refractivity contribution in [3.63, 3.8) is 0 Å². The summed E-state index contributed by atoms with van der Waals surface area (Å²) in [6, 6.07) is 6.67. The average Bonchev–Trinajstić information content (AvgIpc) is 3.05. The molecule has 1 amide bonds. The first-order valence-electron chi connectivity index (χ1n) is 7.80. The second kappa shape index (κ2) is 10.1. The normalized spacial score (nSPS) is 14.3. The summed E-state index contributed by atoms with van der Waals surface area (Å²) in [7, 11) is 1.86. The summed E-state index contributed by atoms with van der Waals surface area (Å²) in [5.74, 6) is -0.258. The van der Waals surface area contributed by atoms with E-state index in [0.29, 0.717) is 12.1 Å². The molecule has 2 aromatic rings. The highest BCUT2D eigenvalue weighted by atomic mass is 35.5. The quantitative estimate of drug-likeness (QED) is 0.845. The third-order valence-corrected chi connectivity index (χ3v) is 5.07. The molecule has 1 aromatic carbocycles. The van der Waals surface area contributed by atoms with Gasteiger partial charge in [-0.05, 0) is 43.6 Å². The van der Waals surface area contributed by atoms with Gasteiger partial charge in [-0.1, -0.05) is 12.1 Å². The number of amides is 1. The highest BCUT2D eigenvalue weighted by molar-refractivity contribution is 7.09. The maximum Gasteiger partial charge on any atom is 0.273 e. The van der Waals surface area contributed by atoms with Crippen molar-refractivity contribution in [3.8, 4) is 0 Å². The number of nitrogens with one attached hydrogen (secondary N) is 1. The van der Waals surface area contributed by atoms with Crippen LogP contribution in [0.1, 0.15) is 33.9 Å². The minimum atomic E-state index is -0.243. The van der Waals surface area contributed by atoms with E-state index in [-0.39, 0.29) is 42.6 Å². The lowest BCUT2D eigenvalue weighted by atomic mass is 10.1. The van der Waals surface area contributed by atoms with Crippen molar-refractivity contribution >= 4 is 42.1 Å². The Bertz CT molecular complexity index is 675. The first kappa shape index (κ1) is 21.8. The monoisotopic (exact) mass is 405 g/mol. The minimum absolute atomic E-state index is 0. The molecule has 1 N–H and O–H groups in total. The molecule has 3 rings (SSSR count). The van der Waals surface area contributed by atoms with Crippen LogP contribution >= 0.6 is 36.2 Å². The Morgan fingerprint density at radius 1 is 1.28 bits per heavy atom. The van der Waals surface area contributed by atoms with Crippen molar-refractivity contribution in [3.05, 3.63) is 51.7 Å². The van der Waals surface area contributed by atoms with Gasteiger partial charge in [-0.3, -0.25) is 4.79 Å². The van der Waals surface area contributed by atoms with Crippen LogP contribution < -0.4 is 5.32 Å². The molecule has 1 aliphatic rings. The number of aromatic nitrogens is 1. The molecule has 4 nitrogen and oxygen atoms in total. The van der Waals surface area contributed by atoms with Gasteiger partial charge in [0.25, 0.3) is 5.91 Å². The number of thiazole rings is 1. The zero-order chi connectivity index (χ0) is 16.2. The van der Waals surface area contributed by atoms with E-state index in [0.717, 1.165) is 36.5 Å². The van der Waals surface area contributed by atoms with Crippen LogP contribution in [-0.2, 0) is 6.42 Å². The van der Waals surface area contributed by atoms with Crippen molar-refractivity contribution in [2.75, 3.05) is 20.1 Å². The van der Waals surface area contributed by atoms with Gasteiger partial charge in [0, 0.05) is 24.9 Å². The highest BCUT2D eigenvalue weighted by Gasteiger charge is 2.24. The van der Waals surface area contributed by atoms with Crippen molar-refractivity contribution in [2.24, 2.45) is 0 Å². The van der Waals surface area contributed by atoms with Crippen LogP contribution in [0.4, 0.5) is 4.39 Å². The molecule has 0 saturated carbocycles. The molecule has 1 saturated heterocycles. The van der Waals surface area contributed by atoms with E-state index in [1.54, 1.807) is 12.1 Å². The van der Waals surface area contributed by atoms with E-state index in [4.69, 9.17) is 0 Å². The first-order valence-corrected chi connectivity index (χ1v) is 8.68. The van der Waals surface area contributed by atoms with Gasteiger partial charge in [-0.2, -0.15) is 0 Å². The molecule has 1 fully saturated rings. The number of halogens is 3. The summed E-state index contributed by atoms with van der Waals surface area (Å²) in [6.45, 7) is 1.91. The highest BCUT2D eigenvalue weighted by Crippen LogP contribution is 2.18. The number of carbonyl (C=O) groups is 1. The van der Waals surface area contributed by atoms with E-state index in [9.17, 15) is 9.18 Å². The molecule has 25 heavy (non-hydrogen) atoms. The summed E-state index contributed by atoms with van der Waals surface area (Å²) in [5.41, 5.74) is 1.50. The lowest BCUT2D eigenvalue weighted by molar-refractivity contribution is 0.0698. The number of rotatable bonds is 4. The van der Waals surface area contributed by atoms with Gasteiger partial charge < -0.3 is 10.2 Å². The fourth-order valence-corrected chi connectivity index (χ4v) is 3.61. The second-order valence-corrected chi connectivity index (χ2v) is 6.77. The van der Waals surface area contributed by atoms with Gasteiger partial charge >= 0.3 is 0 Å².